The normalized spacial score (nSPS) is 13.9. The standard InChI is InChI=1S/C11H15BrF3NS/c1-2-5-16-10(3-4-11(13,14)15)8-6-17-7-9(8)12/h6-7,10,16H,2-5H2,1H3. The maximum Gasteiger partial charge on any atom is 0.389 e. The summed E-state index contributed by atoms with van der Waals surface area (Å²) >= 11 is 4.86. The summed E-state index contributed by atoms with van der Waals surface area (Å²) in [6.45, 7) is 2.72. The van der Waals surface area contributed by atoms with Gasteiger partial charge < -0.3 is 5.32 Å². The molecule has 0 fully saturated rings. The van der Waals surface area contributed by atoms with Crippen molar-refractivity contribution in [2.75, 3.05) is 6.54 Å². The van der Waals surface area contributed by atoms with Crippen LogP contribution in [-0.2, 0) is 0 Å². The summed E-state index contributed by atoms with van der Waals surface area (Å²) in [5.74, 6) is 0. The lowest BCUT2D eigenvalue weighted by molar-refractivity contribution is -0.136. The molecular formula is C11H15BrF3NS. The fraction of sp³-hybridized carbons (Fsp3) is 0.636. The van der Waals surface area contributed by atoms with Gasteiger partial charge in [-0.3, -0.25) is 0 Å². The average Bonchev–Trinajstić information content (AvgIpc) is 2.63. The Morgan fingerprint density at radius 3 is 2.59 bits per heavy atom. The van der Waals surface area contributed by atoms with Crippen molar-refractivity contribution in [3.8, 4) is 0 Å². The summed E-state index contributed by atoms with van der Waals surface area (Å²) in [7, 11) is 0. The minimum absolute atomic E-state index is 0.0822. The molecule has 1 aromatic heterocycles. The third-order valence-electron chi connectivity index (χ3n) is 2.37. The van der Waals surface area contributed by atoms with Crippen LogP contribution in [0.25, 0.3) is 0 Å². The van der Waals surface area contributed by atoms with Crippen molar-refractivity contribution < 1.29 is 13.2 Å². The lowest BCUT2D eigenvalue weighted by atomic mass is 10.0. The van der Waals surface area contributed by atoms with Crippen molar-refractivity contribution in [2.24, 2.45) is 0 Å². The molecule has 0 bridgehead atoms. The Kier molecular flexibility index (Phi) is 5.95. The zero-order valence-electron chi connectivity index (χ0n) is 9.48. The Hall–Kier alpha value is -0.0700. The van der Waals surface area contributed by atoms with Gasteiger partial charge in [0.25, 0.3) is 0 Å². The molecule has 98 valence electrons. The SMILES string of the molecule is CCCNC(CCC(F)(F)F)c1cscc1Br. The van der Waals surface area contributed by atoms with Crippen LogP contribution in [0, 0.1) is 0 Å². The molecule has 0 amide bonds. The molecule has 1 unspecified atom stereocenters. The number of halogens is 4. The molecule has 0 aliphatic heterocycles. The predicted octanol–water partition coefficient (Wildman–Crippen LogP) is 4.89. The van der Waals surface area contributed by atoms with E-state index in [4.69, 9.17) is 0 Å². The predicted molar refractivity (Wildman–Crippen MR) is 68.3 cm³/mol. The maximum absolute atomic E-state index is 12.2. The van der Waals surface area contributed by atoms with E-state index in [1.807, 2.05) is 17.7 Å². The summed E-state index contributed by atoms with van der Waals surface area (Å²) in [4.78, 5) is 0. The second kappa shape index (κ2) is 6.75. The van der Waals surface area contributed by atoms with Gasteiger partial charge in [0.1, 0.15) is 0 Å². The van der Waals surface area contributed by atoms with Crippen LogP contribution in [0.3, 0.4) is 0 Å². The number of alkyl halides is 3. The van der Waals surface area contributed by atoms with E-state index in [1.54, 1.807) is 0 Å². The molecule has 0 aromatic carbocycles. The first kappa shape index (κ1) is 15.0. The topological polar surface area (TPSA) is 12.0 Å². The molecule has 0 spiro atoms. The third kappa shape index (κ3) is 5.40. The minimum atomic E-state index is -4.09. The lowest BCUT2D eigenvalue weighted by Crippen LogP contribution is -2.24. The average molecular weight is 330 g/mol. The van der Waals surface area contributed by atoms with Crippen LogP contribution in [0.5, 0.6) is 0 Å². The summed E-state index contributed by atoms with van der Waals surface area (Å²) in [5, 5.41) is 6.95. The summed E-state index contributed by atoms with van der Waals surface area (Å²) in [6.07, 6.45) is -3.85. The molecular weight excluding hydrogens is 315 g/mol. The monoisotopic (exact) mass is 329 g/mol. The van der Waals surface area contributed by atoms with Crippen LogP contribution in [0.4, 0.5) is 13.2 Å². The fourth-order valence-electron chi connectivity index (χ4n) is 1.53. The number of hydrogen-bond acceptors (Lipinski definition) is 2. The summed E-state index contributed by atoms with van der Waals surface area (Å²) in [6, 6.07) is -0.225. The first-order chi connectivity index (χ1) is 7.94. The highest BCUT2D eigenvalue weighted by molar-refractivity contribution is 9.10. The molecule has 17 heavy (non-hydrogen) atoms. The molecule has 6 heteroatoms. The van der Waals surface area contributed by atoms with Gasteiger partial charge in [0.2, 0.25) is 0 Å². The van der Waals surface area contributed by atoms with Crippen LogP contribution in [0.1, 0.15) is 37.8 Å². The van der Waals surface area contributed by atoms with E-state index in [2.05, 4.69) is 21.2 Å². The van der Waals surface area contributed by atoms with E-state index in [0.29, 0.717) is 0 Å². The molecule has 1 N–H and O–H groups in total. The van der Waals surface area contributed by atoms with Crippen LogP contribution >= 0.6 is 27.3 Å². The number of thiophene rings is 1. The molecule has 1 nitrogen and oxygen atoms in total. The van der Waals surface area contributed by atoms with Gasteiger partial charge in [-0.15, -0.1) is 0 Å². The first-order valence-electron chi connectivity index (χ1n) is 5.45. The smallest absolute Gasteiger partial charge is 0.310 e. The van der Waals surface area contributed by atoms with Gasteiger partial charge in [-0.2, -0.15) is 24.5 Å². The van der Waals surface area contributed by atoms with Crippen molar-refractivity contribution in [2.45, 2.75) is 38.4 Å². The van der Waals surface area contributed by atoms with E-state index >= 15 is 0 Å². The third-order valence-corrected chi connectivity index (χ3v) is 4.13. The maximum atomic E-state index is 12.2. The number of nitrogens with one attached hydrogen (secondary N) is 1. The zero-order chi connectivity index (χ0) is 12.9. The van der Waals surface area contributed by atoms with Crippen LogP contribution in [0.15, 0.2) is 15.2 Å². The Morgan fingerprint density at radius 2 is 2.12 bits per heavy atom. The molecule has 1 aromatic rings. The van der Waals surface area contributed by atoms with E-state index < -0.39 is 12.6 Å². The van der Waals surface area contributed by atoms with Gasteiger partial charge in [-0.05, 0) is 46.3 Å². The van der Waals surface area contributed by atoms with Crippen molar-refractivity contribution in [3.63, 3.8) is 0 Å². The van der Waals surface area contributed by atoms with Crippen molar-refractivity contribution in [3.05, 3.63) is 20.8 Å². The fourth-order valence-corrected chi connectivity index (χ4v) is 3.16. The van der Waals surface area contributed by atoms with Crippen LogP contribution < -0.4 is 5.32 Å². The van der Waals surface area contributed by atoms with E-state index in [9.17, 15) is 13.2 Å². The molecule has 1 rings (SSSR count). The number of rotatable bonds is 6. The van der Waals surface area contributed by atoms with Crippen LogP contribution in [-0.4, -0.2) is 12.7 Å². The van der Waals surface area contributed by atoms with Crippen molar-refractivity contribution in [1.29, 1.82) is 0 Å². The van der Waals surface area contributed by atoms with E-state index in [-0.39, 0.29) is 12.5 Å². The molecule has 1 heterocycles. The van der Waals surface area contributed by atoms with Gasteiger partial charge in [0, 0.05) is 22.3 Å². The van der Waals surface area contributed by atoms with Crippen molar-refractivity contribution >= 4 is 27.3 Å². The zero-order valence-corrected chi connectivity index (χ0v) is 11.9. The molecule has 0 aliphatic carbocycles. The molecule has 0 saturated carbocycles. The van der Waals surface area contributed by atoms with Crippen LogP contribution in [0.2, 0.25) is 0 Å². The lowest BCUT2D eigenvalue weighted by Gasteiger charge is -2.19. The molecule has 0 saturated heterocycles. The van der Waals surface area contributed by atoms with Gasteiger partial charge in [0.15, 0.2) is 0 Å². The first-order valence-corrected chi connectivity index (χ1v) is 7.19. The highest BCUT2D eigenvalue weighted by Gasteiger charge is 2.29. The highest BCUT2D eigenvalue weighted by atomic mass is 79.9. The van der Waals surface area contributed by atoms with Crippen molar-refractivity contribution in [1.82, 2.24) is 5.32 Å². The van der Waals surface area contributed by atoms with Gasteiger partial charge >= 0.3 is 6.18 Å². The van der Waals surface area contributed by atoms with Gasteiger partial charge in [-0.1, -0.05) is 6.92 Å². The molecule has 1 atom stereocenters. The Balaban J connectivity index is 2.64. The summed E-state index contributed by atoms with van der Waals surface area (Å²) < 4.78 is 37.6. The highest BCUT2D eigenvalue weighted by Crippen LogP contribution is 2.33. The largest absolute Gasteiger partial charge is 0.389 e. The van der Waals surface area contributed by atoms with E-state index in [0.717, 1.165) is 23.0 Å². The Bertz CT molecular complexity index is 338. The van der Waals surface area contributed by atoms with Gasteiger partial charge in [0.05, 0.1) is 0 Å². The van der Waals surface area contributed by atoms with E-state index in [1.165, 1.54) is 11.3 Å². The van der Waals surface area contributed by atoms with Gasteiger partial charge in [-0.25, -0.2) is 0 Å². The minimum Gasteiger partial charge on any atom is -0.310 e. The Labute approximate surface area is 112 Å². The second-order valence-electron chi connectivity index (χ2n) is 3.84. The molecule has 0 aliphatic rings. The number of hydrogen-bond donors (Lipinski definition) is 1. The summed E-state index contributed by atoms with van der Waals surface area (Å²) in [5.41, 5.74) is 0.924. The quantitative estimate of drug-likeness (QED) is 0.783. The second-order valence-corrected chi connectivity index (χ2v) is 5.43. The Morgan fingerprint density at radius 1 is 1.41 bits per heavy atom. The molecule has 0 radical (unpaired) electrons.